The Bertz CT molecular complexity index is 377. The average molecular weight is 290 g/mol. The summed E-state index contributed by atoms with van der Waals surface area (Å²) in [6.07, 6.45) is 5.53. The van der Waals surface area contributed by atoms with Gasteiger partial charge in [0.05, 0.1) is 10.5 Å². The first-order valence-electron chi connectivity index (χ1n) is 6.08. The van der Waals surface area contributed by atoms with E-state index in [2.05, 4.69) is 17.2 Å². The van der Waals surface area contributed by atoms with Crippen LogP contribution in [0.1, 0.15) is 43.5 Å². The van der Waals surface area contributed by atoms with Gasteiger partial charge in [0.2, 0.25) is 5.91 Å². The number of thiazole rings is 1. The van der Waals surface area contributed by atoms with Crippen molar-refractivity contribution in [2.75, 3.05) is 6.54 Å². The van der Waals surface area contributed by atoms with Crippen molar-refractivity contribution in [2.45, 2.75) is 44.1 Å². The maximum atomic E-state index is 12.0. The molecule has 3 N–H and O–H groups in total. The smallest absolute Gasteiger partial charge is 0.240 e. The van der Waals surface area contributed by atoms with E-state index < -0.39 is 5.54 Å². The van der Waals surface area contributed by atoms with Gasteiger partial charge in [0, 0.05) is 24.0 Å². The predicted octanol–water partition coefficient (Wildman–Crippen LogP) is 2.06. The van der Waals surface area contributed by atoms with Gasteiger partial charge < -0.3 is 11.1 Å². The molecule has 0 aliphatic heterocycles. The van der Waals surface area contributed by atoms with Crippen molar-refractivity contribution in [1.29, 1.82) is 0 Å². The fraction of sp³-hybridized carbons (Fsp3) is 0.667. The maximum absolute atomic E-state index is 12.0. The van der Waals surface area contributed by atoms with Gasteiger partial charge in [0.25, 0.3) is 0 Å². The van der Waals surface area contributed by atoms with Crippen LogP contribution in [0.4, 0.5) is 0 Å². The van der Waals surface area contributed by atoms with Crippen LogP contribution in [0.3, 0.4) is 0 Å². The monoisotopic (exact) mass is 289 g/mol. The summed E-state index contributed by atoms with van der Waals surface area (Å²) >= 11 is 1.62. The van der Waals surface area contributed by atoms with Crippen molar-refractivity contribution < 1.29 is 4.79 Å². The predicted molar refractivity (Wildman–Crippen MR) is 76.2 cm³/mol. The van der Waals surface area contributed by atoms with Gasteiger partial charge in [-0.2, -0.15) is 0 Å². The molecule has 0 saturated heterocycles. The summed E-state index contributed by atoms with van der Waals surface area (Å²) in [5.74, 6) is 0.252. The van der Waals surface area contributed by atoms with Gasteiger partial charge >= 0.3 is 0 Å². The molecule has 1 heterocycles. The zero-order valence-electron chi connectivity index (χ0n) is 10.5. The molecule has 6 heteroatoms. The van der Waals surface area contributed by atoms with Crippen LogP contribution in [-0.2, 0) is 4.79 Å². The lowest BCUT2D eigenvalue weighted by Gasteiger charge is -2.23. The Labute approximate surface area is 118 Å². The Morgan fingerprint density at radius 1 is 1.61 bits per heavy atom. The summed E-state index contributed by atoms with van der Waals surface area (Å²) in [5.41, 5.74) is 5.46. The molecule has 1 fully saturated rings. The van der Waals surface area contributed by atoms with E-state index in [1.807, 2.05) is 5.38 Å². The Morgan fingerprint density at radius 2 is 2.28 bits per heavy atom. The van der Waals surface area contributed by atoms with Gasteiger partial charge in [-0.05, 0) is 12.8 Å². The van der Waals surface area contributed by atoms with Crippen LogP contribution in [0, 0.1) is 0 Å². The zero-order valence-corrected chi connectivity index (χ0v) is 12.1. The van der Waals surface area contributed by atoms with E-state index in [0.29, 0.717) is 6.54 Å². The van der Waals surface area contributed by atoms with Crippen LogP contribution >= 0.6 is 23.7 Å². The first-order chi connectivity index (χ1) is 8.12. The van der Waals surface area contributed by atoms with Gasteiger partial charge in [-0.15, -0.1) is 23.7 Å². The molecule has 1 unspecified atom stereocenters. The number of nitrogens with one attached hydrogen (secondary N) is 1. The SMILES string of the molecule is CC(CNC(=O)C1(N)CCCC1)c1nccs1.Cl. The van der Waals surface area contributed by atoms with Crippen LogP contribution in [0.25, 0.3) is 0 Å². The molecule has 1 amide bonds. The number of carbonyl (C=O) groups is 1. The van der Waals surface area contributed by atoms with Crippen molar-refractivity contribution in [3.63, 3.8) is 0 Å². The summed E-state index contributed by atoms with van der Waals surface area (Å²) in [5, 5.41) is 5.97. The number of nitrogens with zero attached hydrogens (tertiary/aromatic N) is 1. The molecule has 2 rings (SSSR count). The first-order valence-corrected chi connectivity index (χ1v) is 6.96. The molecule has 1 saturated carbocycles. The van der Waals surface area contributed by atoms with E-state index in [9.17, 15) is 4.79 Å². The van der Waals surface area contributed by atoms with Crippen molar-refractivity contribution in [3.8, 4) is 0 Å². The lowest BCUT2D eigenvalue weighted by Crippen LogP contribution is -2.52. The number of nitrogens with two attached hydrogens (primary N) is 1. The molecule has 0 spiro atoms. The molecule has 102 valence electrons. The normalized spacial score (nSPS) is 19.0. The lowest BCUT2D eigenvalue weighted by atomic mass is 9.98. The summed E-state index contributed by atoms with van der Waals surface area (Å²) in [6.45, 7) is 2.68. The number of hydrogen-bond acceptors (Lipinski definition) is 4. The van der Waals surface area contributed by atoms with Crippen LogP contribution < -0.4 is 11.1 Å². The van der Waals surface area contributed by atoms with E-state index in [1.54, 1.807) is 17.5 Å². The molecule has 18 heavy (non-hydrogen) atoms. The quantitative estimate of drug-likeness (QED) is 0.891. The highest BCUT2D eigenvalue weighted by atomic mass is 35.5. The molecule has 1 aromatic rings. The van der Waals surface area contributed by atoms with Crippen LogP contribution in [0.2, 0.25) is 0 Å². The number of halogens is 1. The molecule has 0 bridgehead atoms. The first kappa shape index (κ1) is 15.4. The van der Waals surface area contributed by atoms with Gasteiger partial charge in [0.1, 0.15) is 0 Å². The molecule has 1 aliphatic rings. The number of amides is 1. The molecule has 0 aromatic carbocycles. The summed E-state index contributed by atoms with van der Waals surface area (Å²) in [7, 11) is 0. The molecule has 1 atom stereocenters. The molecule has 0 radical (unpaired) electrons. The van der Waals surface area contributed by atoms with Crippen LogP contribution in [-0.4, -0.2) is 23.0 Å². The topological polar surface area (TPSA) is 68.0 Å². The Hall–Kier alpha value is -0.650. The minimum atomic E-state index is -0.622. The highest BCUT2D eigenvalue weighted by Crippen LogP contribution is 2.27. The fourth-order valence-electron chi connectivity index (χ4n) is 2.22. The number of aromatic nitrogens is 1. The van der Waals surface area contributed by atoms with E-state index in [1.165, 1.54) is 0 Å². The van der Waals surface area contributed by atoms with Gasteiger partial charge in [-0.1, -0.05) is 19.8 Å². The van der Waals surface area contributed by atoms with Crippen LogP contribution in [0.5, 0.6) is 0 Å². The standard InChI is InChI=1S/C12H19N3OS.ClH/c1-9(10-14-6-7-17-10)8-15-11(16)12(13)4-2-3-5-12;/h6-7,9H,2-5,8,13H2,1H3,(H,15,16);1H. The number of rotatable bonds is 4. The fourth-order valence-corrected chi connectivity index (χ4v) is 2.92. The molecular weight excluding hydrogens is 270 g/mol. The second kappa shape index (κ2) is 6.50. The van der Waals surface area contributed by atoms with Crippen molar-refractivity contribution >= 4 is 29.7 Å². The van der Waals surface area contributed by atoms with Crippen molar-refractivity contribution in [3.05, 3.63) is 16.6 Å². The third-order valence-corrected chi connectivity index (χ3v) is 4.40. The largest absolute Gasteiger partial charge is 0.354 e. The van der Waals surface area contributed by atoms with Gasteiger partial charge in [0.15, 0.2) is 0 Å². The van der Waals surface area contributed by atoms with E-state index in [-0.39, 0.29) is 24.2 Å². The summed E-state index contributed by atoms with van der Waals surface area (Å²) in [6, 6.07) is 0. The molecular formula is C12H20ClN3OS. The van der Waals surface area contributed by atoms with Crippen molar-refractivity contribution in [2.24, 2.45) is 5.73 Å². The van der Waals surface area contributed by atoms with E-state index in [0.717, 1.165) is 30.7 Å². The summed E-state index contributed by atoms with van der Waals surface area (Å²) in [4.78, 5) is 16.2. The lowest BCUT2D eigenvalue weighted by molar-refractivity contribution is -0.126. The van der Waals surface area contributed by atoms with Gasteiger partial charge in [-0.3, -0.25) is 4.79 Å². The highest BCUT2D eigenvalue weighted by molar-refractivity contribution is 7.09. The van der Waals surface area contributed by atoms with E-state index in [4.69, 9.17) is 5.73 Å². The maximum Gasteiger partial charge on any atom is 0.240 e. The molecule has 1 aromatic heterocycles. The van der Waals surface area contributed by atoms with Crippen LogP contribution in [0.15, 0.2) is 11.6 Å². The molecule has 4 nitrogen and oxygen atoms in total. The highest BCUT2D eigenvalue weighted by Gasteiger charge is 2.36. The second-order valence-electron chi connectivity index (χ2n) is 4.84. The van der Waals surface area contributed by atoms with Crippen molar-refractivity contribution in [1.82, 2.24) is 10.3 Å². The zero-order chi connectivity index (χ0) is 12.3. The molecule has 1 aliphatic carbocycles. The van der Waals surface area contributed by atoms with E-state index >= 15 is 0 Å². The average Bonchev–Trinajstić information content (AvgIpc) is 2.96. The van der Waals surface area contributed by atoms with Gasteiger partial charge in [-0.25, -0.2) is 4.98 Å². The third-order valence-electron chi connectivity index (χ3n) is 3.39. The summed E-state index contributed by atoms with van der Waals surface area (Å²) < 4.78 is 0. The number of carbonyl (C=O) groups excluding carboxylic acids is 1. The third kappa shape index (κ3) is 3.43. The Balaban J connectivity index is 0.00000162. The Morgan fingerprint density at radius 3 is 2.83 bits per heavy atom. The second-order valence-corrected chi connectivity index (χ2v) is 5.77. The minimum Gasteiger partial charge on any atom is -0.354 e. The minimum absolute atomic E-state index is 0. The number of hydrogen-bond donors (Lipinski definition) is 2. The Kier molecular flexibility index (Phi) is 5.56.